The van der Waals surface area contributed by atoms with Gasteiger partial charge in [0, 0.05) is 18.3 Å². The maximum atomic E-state index is 12.0. The van der Waals surface area contributed by atoms with Crippen molar-refractivity contribution in [2.45, 2.75) is 0 Å². The van der Waals surface area contributed by atoms with Crippen LogP contribution in [0.2, 0.25) is 5.02 Å². The average Bonchev–Trinajstić information content (AvgIpc) is 2.61. The van der Waals surface area contributed by atoms with Crippen LogP contribution in [-0.2, 0) is 4.74 Å². The Morgan fingerprint density at radius 1 is 1.29 bits per heavy atom. The van der Waals surface area contributed by atoms with Crippen LogP contribution in [0, 0.1) is 0 Å². The van der Waals surface area contributed by atoms with Crippen LogP contribution in [0.1, 0.15) is 20.7 Å². The maximum absolute atomic E-state index is 12.0. The molecule has 0 saturated heterocycles. The summed E-state index contributed by atoms with van der Waals surface area (Å²) >= 11 is 6.13. The number of aromatic nitrogens is 1. The van der Waals surface area contributed by atoms with Gasteiger partial charge >= 0.3 is 5.97 Å². The van der Waals surface area contributed by atoms with E-state index in [0.29, 0.717) is 34.2 Å². The Morgan fingerprint density at radius 2 is 2.08 bits per heavy atom. The number of carbonyl (C=O) groups excluding carboxylic acids is 2. The van der Waals surface area contributed by atoms with Gasteiger partial charge in [-0.1, -0.05) is 17.7 Å². The molecule has 0 unspecified atom stereocenters. The van der Waals surface area contributed by atoms with Gasteiger partial charge in [0.2, 0.25) is 0 Å². The smallest absolute Gasteiger partial charge is 0.337 e. The van der Waals surface area contributed by atoms with Crippen molar-refractivity contribution >= 4 is 35.0 Å². The van der Waals surface area contributed by atoms with Crippen molar-refractivity contribution in [2.24, 2.45) is 0 Å². The van der Waals surface area contributed by atoms with Crippen molar-refractivity contribution in [1.82, 2.24) is 10.3 Å². The second-order valence-electron chi connectivity index (χ2n) is 4.74. The van der Waals surface area contributed by atoms with Crippen LogP contribution in [-0.4, -0.2) is 30.5 Å². The van der Waals surface area contributed by atoms with Crippen molar-refractivity contribution in [3.63, 3.8) is 0 Å². The number of methoxy groups -OCH3 is 1. The first-order chi connectivity index (χ1) is 11.5. The van der Waals surface area contributed by atoms with Gasteiger partial charge in [-0.3, -0.25) is 4.79 Å². The van der Waals surface area contributed by atoms with E-state index >= 15 is 0 Å². The summed E-state index contributed by atoms with van der Waals surface area (Å²) in [5.41, 5.74) is 1.27. The normalized spacial score (nSPS) is 9.92. The number of nitrogens with zero attached hydrogens (tertiary/aromatic N) is 1. The number of anilines is 2. The molecular formula is C17H16ClN3O3. The van der Waals surface area contributed by atoms with E-state index in [4.69, 9.17) is 11.6 Å². The monoisotopic (exact) mass is 345 g/mol. The molecule has 6 nitrogen and oxygen atoms in total. The van der Waals surface area contributed by atoms with Gasteiger partial charge in [-0.05, 0) is 30.3 Å². The number of hydrogen-bond donors (Lipinski definition) is 2. The second-order valence-corrected chi connectivity index (χ2v) is 5.15. The first kappa shape index (κ1) is 17.5. The number of ether oxygens (including phenoxy) is 1. The molecule has 1 aromatic heterocycles. The number of halogens is 1. The number of rotatable bonds is 6. The molecule has 1 heterocycles. The van der Waals surface area contributed by atoms with Crippen molar-refractivity contribution in [3.8, 4) is 0 Å². The molecule has 2 rings (SSSR count). The topological polar surface area (TPSA) is 80.3 Å². The summed E-state index contributed by atoms with van der Waals surface area (Å²) in [6, 6.07) is 7.87. The third-order valence-electron chi connectivity index (χ3n) is 3.08. The molecule has 7 heteroatoms. The van der Waals surface area contributed by atoms with E-state index in [1.807, 2.05) is 0 Å². The average molecular weight is 346 g/mol. The lowest BCUT2D eigenvalue weighted by Crippen LogP contribution is -2.23. The van der Waals surface area contributed by atoms with E-state index in [-0.39, 0.29) is 5.91 Å². The highest BCUT2D eigenvalue weighted by Crippen LogP contribution is 2.26. The highest BCUT2D eigenvalue weighted by molar-refractivity contribution is 6.33. The van der Waals surface area contributed by atoms with Gasteiger partial charge in [0.1, 0.15) is 5.82 Å². The molecule has 1 amide bonds. The third kappa shape index (κ3) is 4.33. The summed E-state index contributed by atoms with van der Waals surface area (Å²) in [6.45, 7) is 3.92. The minimum Gasteiger partial charge on any atom is -0.465 e. The van der Waals surface area contributed by atoms with Gasteiger partial charge in [0.05, 0.1) is 23.4 Å². The number of nitrogens with one attached hydrogen (secondary N) is 2. The number of benzene rings is 1. The molecule has 24 heavy (non-hydrogen) atoms. The van der Waals surface area contributed by atoms with Crippen LogP contribution < -0.4 is 10.6 Å². The molecule has 0 fully saturated rings. The van der Waals surface area contributed by atoms with E-state index < -0.39 is 5.97 Å². The third-order valence-corrected chi connectivity index (χ3v) is 3.41. The van der Waals surface area contributed by atoms with Crippen LogP contribution >= 0.6 is 11.6 Å². The van der Waals surface area contributed by atoms with E-state index in [9.17, 15) is 9.59 Å². The molecule has 2 aromatic rings. The molecule has 0 atom stereocenters. The van der Waals surface area contributed by atoms with Gasteiger partial charge in [-0.2, -0.15) is 0 Å². The van der Waals surface area contributed by atoms with Gasteiger partial charge in [-0.25, -0.2) is 9.78 Å². The van der Waals surface area contributed by atoms with Gasteiger partial charge in [-0.15, -0.1) is 6.58 Å². The Hall–Kier alpha value is -2.86. The second kappa shape index (κ2) is 8.12. The molecule has 0 aliphatic carbocycles. The SMILES string of the molecule is C=CCNC(=O)c1ccnc(Nc2cc(C(=O)OC)ccc2Cl)c1. The molecule has 0 radical (unpaired) electrons. The number of amides is 1. The molecule has 0 spiro atoms. The van der Waals surface area contributed by atoms with Gasteiger partial charge in [0.15, 0.2) is 0 Å². The largest absolute Gasteiger partial charge is 0.465 e. The zero-order chi connectivity index (χ0) is 17.5. The zero-order valence-corrected chi connectivity index (χ0v) is 13.8. The van der Waals surface area contributed by atoms with Gasteiger partial charge in [0.25, 0.3) is 5.91 Å². The Kier molecular flexibility index (Phi) is 5.92. The highest BCUT2D eigenvalue weighted by Gasteiger charge is 2.11. The highest BCUT2D eigenvalue weighted by atomic mass is 35.5. The summed E-state index contributed by atoms with van der Waals surface area (Å²) in [4.78, 5) is 27.7. The minimum atomic E-state index is -0.472. The lowest BCUT2D eigenvalue weighted by Gasteiger charge is -2.10. The Balaban J connectivity index is 2.23. The zero-order valence-electron chi connectivity index (χ0n) is 13.0. The van der Waals surface area contributed by atoms with E-state index in [0.717, 1.165) is 0 Å². The standard InChI is InChI=1S/C17H16ClN3O3/c1-3-7-20-16(22)11-6-8-19-15(10-11)21-14-9-12(17(23)24-2)4-5-13(14)18/h3-6,8-10H,1,7H2,2H3,(H,19,21)(H,20,22). The number of hydrogen-bond acceptors (Lipinski definition) is 5. The fraction of sp³-hybridized carbons (Fsp3) is 0.118. The molecule has 0 bridgehead atoms. The predicted octanol–water partition coefficient (Wildman–Crippen LogP) is 3.18. The molecule has 0 saturated carbocycles. The minimum absolute atomic E-state index is 0.241. The molecular weight excluding hydrogens is 330 g/mol. The van der Waals surface area contributed by atoms with E-state index in [2.05, 4.69) is 26.9 Å². The summed E-state index contributed by atoms with van der Waals surface area (Å²) < 4.78 is 4.68. The molecule has 124 valence electrons. The maximum Gasteiger partial charge on any atom is 0.337 e. The van der Waals surface area contributed by atoms with Crippen molar-refractivity contribution in [3.05, 3.63) is 65.3 Å². The molecule has 2 N–H and O–H groups in total. The number of pyridine rings is 1. The molecule has 0 aliphatic rings. The van der Waals surface area contributed by atoms with Crippen molar-refractivity contribution in [2.75, 3.05) is 19.0 Å². The fourth-order valence-electron chi connectivity index (χ4n) is 1.91. The van der Waals surface area contributed by atoms with Crippen molar-refractivity contribution in [1.29, 1.82) is 0 Å². The Labute approximate surface area is 144 Å². The fourth-order valence-corrected chi connectivity index (χ4v) is 2.08. The lowest BCUT2D eigenvalue weighted by atomic mass is 10.2. The van der Waals surface area contributed by atoms with Crippen LogP contribution in [0.5, 0.6) is 0 Å². The number of esters is 1. The Bertz CT molecular complexity index is 777. The van der Waals surface area contributed by atoms with E-state index in [1.54, 1.807) is 36.4 Å². The summed E-state index contributed by atoms with van der Waals surface area (Å²) in [7, 11) is 1.30. The molecule has 0 aliphatic heterocycles. The summed E-state index contributed by atoms with van der Waals surface area (Å²) in [6.07, 6.45) is 3.10. The Morgan fingerprint density at radius 3 is 2.79 bits per heavy atom. The predicted molar refractivity (Wildman–Crippen MR) is 92.8 cm³/mol. The molecule has 1 aromatic carbocycles. The van der Waals surface area contributed by atoms with Crippen LogP contribution in [0.15, 0.2) is 49.2 Å². The first-order valence-electron chi connectivity index (χ1n) is 7.05. The van der Waals surface area contributed by atoms with E-state index in [1.165, 1.54) is 13.3 Å². The first-order valence-corrected chi connectivity index (χ1v) is 7.43. The quantitative estimate of drug-likeness (QED) is 0.621. The van der Waals surface area contributed by atoms with Crippen LogP contribution in [0.25, 0.3) is 0 Å². The lowest BCUT2D eigenvalue weighted by molar-refractivity contribution is 0.0600. The van der Waals surface area contributed by atoms with Crippen LogP contribution in [0.4, 0.5) is 11.5 Å². The summed E-state index contributed by atoms with van der Waals surface area (Å²) in [5, 5.41) is 6.08. The van der Waals surface area contributed by atoms with Crippen molar-refractivity contribution < 1.29 is 14.3 Å². The van der Waals surface area contributed by atoms with Crippen LogP contribution in [0.3, 0.4) is 0 Å². The summed E-state index contributed by atoms with van der Waals surface area (Å²) in [5.74, 6) is -0.292. The number of carbonyl (C=O) groups is 2. The van der Waals surface area contributed by atoms with Gasteiger partial charge < -0.3 is 15.4 Å².